The summed E-state index contributed by atoms with van der Waals surface area (Å²) < 4.78 is 12.5. The van der Waals surface area contributed by atoms with Crippen LogP contribution in [0, 0.1) is 0 Å². The maximum atomic E-state index is 14.2. The van der Waals surface area contributed by atoms with E-state index in [1.54, 1.807) is 68.9 Å². The number of benzene rings is 3. The van der Waals surface area contributed by atoms with Crippen LogP contribution in [0.1, 0.15) is 0 Å². The zero-order chi connectivity index (χ0) is 32.2. The zero-order valence-corrected chi connectivity index (χ0v) is 25.9. The minimum atomic E-state index is -0.399. The molecule has 234 valence electrons. The standard InChI is InChI=1S/C34H34N8O4/c1-5-30(43)36-23-7-6-8-25(19-23)42-32-28(37-31(33(42)44)22-9-12-26(45-3)13-10-22)21-35-34(39-32)38-27-14-11-24(20-29(27)46-4)41-17-15-40(2)16-18-41/h5-14,19-21H,1,15-18H2,2-4H3,(H,36,43)(H,35,38,39). The summed E-state index contributed by atoms with van der Waals surface area (Å²) >= 11 is 0. The molecule has 2 aromatic heterocycles. The molecule has 0 radical (unpaired) electrons. The molecule has 0 unspecified atom stereocenters. The van der Waals surface area contributed by atoms with Gasteiger partial charge in [-0.1, -0.05) is 12.6 Å². The first-order valence-electron chi connectivity index (χ1n) is 14.7. The highest BCUT2D eigenvalue weighted by molar-refractivity contribution is 5.99. The molecule has 0 atom stereocenters. The van der Waals surface area contributed by atoms with E-state index in [1.807, 2.05) is 18.2 Å². The molecule has 12 nitrogen and oxygen atoms in total. The topological polar surface area (TPSA) is 127 Å². The SMILES string of the molecule is C=CC(=O)Nc1cccc(-n2c(=O)c(-c3ccc(OC)cc3)nc3cnc(Nc4ccc(N5CCN(C)CC5)cc4OC)nc32)c1. The van der Waals surface area contributed by atoms with Gasteiger partial charge in [-0.3, -0.25) is 14.2 Å². The van der Waals surface area contributed by atoms with Gasteiger partial charge in [0.05, 0.1) is 31.8 Å². The van der Waals surface area contributed by atoms with Crippen molar-refractivity contribution in [3.05, 3.63) is 95.9 Å². The highest BCUT2D eigenvalue weighted by Crippen LogP contribution is 2.32. The van der Waals surface area contributed by atoms with E-state index in [2.05, 4.69) is 44.0 Å². The number of amides is 1. The van der Waals surface area contributed by atoms with E-state index < -0.39 is 5.56 Å². The summed E-state index contributed by atoms with van der Waals surface area (Å²) in [6, 6.07) is 20.0. The summed E-state index contributed by atoms with van der Waals surface area (Å²) in [6.45, 7) is 7.37. The van der Waals surface area contributed by atoms with E-state index in [0.29, 0.717) is 39.6 Å². The number of hydrogen-bond acceptors (Lipinski definition) is 10. The van der Waals surface area contributed by atoms with Crippen LogP contribution in [0.3, 0.4) is 0 Å². The lowest BCUT2D eigenvalue weighted by Gasteiger charge is -2.34. The van der Waals surface area contributed by atoms with Crippen molar-refractivity contribution in [2.45, 2.75) is 0 Å². The Morgan fingerprint density at radius 3 is 2.43 bits per heavy atom. The fourth-order valence-electron chi connectivity index (χ4n) is 5.30. The van der Waals surface area contributed by atoms with Crippen molar-refractivity contribution in [2.24, 2.45) is 0 Å². The van der Waals surface area contributed by atoms with Gasteiger partial charge in [-0.2, -0.15) is 4.98 Å². The fourth-order valence-corrected chi connectivity index (χ4v) is 5.30. The Hall–Kier alpha value is -5.75. The number of anilines is 4. The quantitative estimate of drug-likeness (QED) is 0.228. The maximum absolute atomic E-state index is 14.2. The van der Waals surface area contributed by atoms with Crippen molar-refractivity contribution in [2.75, 3.05) is 63.0 Å². The maximum Gasteiger partial charge on any atom is 0.283 e. The van der Waals surface area contributed by atoms with E-state index in [0.717, 1.165) is 31.9 Å². The lowest BCUT2D eigenvalue weighted by atomic mass is 10.1. The number of aromatic nitrogens is 4. The van der Waals surface area contributed by atoms with Gasteiger partial charge in [0.1, 0.15) is 22.7 Å². The summed E-state index contributed by atoms with van der Waals surface area (Å²) in [7, 11) is 5.33. The average molecular weight is 619 g/mol. The fraction of sp³-hybridized carbons (Fsp3) is 0.206. The van der Waals surface area contributed by atoms with Gasteiger partial charge in [0.2, 0.25) is 11.9 Å². The van der Waals surface area contributed by atoms with Gasteiger partial charge >= 0.3 is 0 Å². The Bertz CT molecular complexity index is 1970. The minimum Gasteiger partial charge on any atom is -0.497 e. The Balaban J connectivity index is 1.43. The smallest absolute Gasteiger partial charge is 0.283 e. The van der Waals surface area contributed by atoms with E-state index in [-0.39, 0.29) is 23.2 Å². The number of methoxy groups -OCH3 is 2. The van der Waals surface area contributed by atoms with Crippen LogP contribution in [0.25, 0.3) is 28.1 Å². The molecule has 0 spiro atoms. The molecule has 1 amide bonds. The molecule has 3 aromatic carbocycles. The van der Waals surface area contributed by atoms with Crippen molar-refractivity contribution in [3.63, 3.8) is 0 Å². The van der Waals surface area contributed by atoms with Gasteiger partial charge in [-0.25, -0.2) is 9.97 Å². The molecule has 3 heterocycles. The Morgan fingerprint density at radius 1 is 0.935 bits per heavy atom. The van der Waals surface area contributed by atoms with Crippen molar-refractivity contribution < 1.29 is 14.3 Å². The summed E-state index contributed by atoms with van der Waals surface area (Å²) in [4.78, 5) is 44.8. The largest absolute Gasteiger partial charge is 0.497 e. The Labute approximate surface area is 265 Å². The molecule has 1 aliphatic heterocycles. The molecule has 12 heteroatoms. The number of likely N-dealkylation sites (N-methyl/N-ethyl adjacent to an activating group) is 1. The monoisotopic (exact) mass is 618 g/mol. The number of carbonyl (C=O) groups is 1. The highest BCUT2D eigenvalue weighted by atomic mass is 16.5. The zero-order valence-electron chi connectivity index (χ0n) is 25.9. The molecular weight excluding hydrogens is 584 g/mol. The molecule has 0 bridgehead atoms. The average Bonchev–Trinajstić information content (AvgIpc) is 3.08. The van der Waals surface area contributed by atoms with Crippen molar-refractivity contribution in [3.8, 4) is 28.4 Å². The Kier molecular flexibility index (Phi) is 8.61. The van der Waals surface area contributed by atoms with E-state index in [4.69, 9.17) is 14.5 Å². The van der Waals surface area contributed by atoms with Crippen LogP contribution < -0.4 is 30.6 Å². The van der Waals surface area contributed by atoms with Crippen LogP contribution in [0.2, 0.25) is 0 Å². The third kappa shape index (κ3) is 6.24. The molecule has 1 aliphatic rings. The van der Waals surface area contributed by atoms with Crippen LogP contribution in [0.15, 0.2) is 90.4 Å². The number of hydrogen-bond donors (Lipinski definition) is 2. The van der Waals surface area contributed by atoms with Crippen LogP contribution in [-0.2, 0) is 4.79 Å². The summed E-state index contributed by atoms with van der Waals surface area (Å²) in [5, 5.41) is 6.00. The highest BCUT2D eigenvalue weighted by Gasteiger charge is 2.19. The normalized spacial score (nSPS) is 13.3. The molecule has 46 heavy (non-hydrogen) atoms. The van der Waals surface area contributed by atoms with Gasteiger partial charge in [-0.05, 0) is 67.7 Å². The van der Waals surface area contributed by atoms with Crippen LogP contribution in [0.5, 0.6) is 11.5 Å². The van der Waals surface area contributed by atoms with Crippen LogP contribution in [0.4, 0.5) is 23.0 Å². The molecule has 6 rings (SSSR count). The second kappa shape index (κ2) is 13.1. The van der Waals surface area contributed by atoms with Gasteiger partial charge < -0.3 is 29.9 Å². The second-order valence-electron chi connectivity index (χ2n) is 10.8. The predicted octanol–water partition coefficient (Wildman–Crippen LogP) is 4.48. The minimum absolute atomic E-state index is 0.209. The first-order chi connectivity index (χ1) is 22.4. The van der Waals surface area contributed by atoms with Crippen molar-refractivity contribution in [1.29, 1.82) is 0 Å². The second-order valence-corrected chi connectivity index (χ2v) is 10.8. The number of nitrogens with zero attached hydrogens (tertiary/aromatic N) is 6. The number of piperazine rings is 1. The van der Waals surface area contributed by atoms with Gasteiger partial charge in [0.25, 0.3) is 5.56 Å². The van der Waals surface area contributed by atoms with Crippen molar-refractivity contribution >= 4 is 40.1 Å². The van der Waals surface area contributed by atoms with E-state index in [1.165, 1.54) is 10.6 Å². The predicted molar refractivity (Wildman–Crippen MR) is 180 cm³/mol. The lowest BCUT2D eigenvalue weighted by molar-refractivity contribution is -0.111. The molecule has 0 saturated carbocycles. The molecule has 2 N–H and O–H groups in total. The lowest BCUT2D eigenvalue weighted by Crippen LogP contribution is -2.44. The molecule has 1 saturated heterocycles. The van der Waals surface area contributed by atoms with Crippen molar-refractivity contribution in [1.82, 2.24) is 24.4 Å². The summed E-state index contributed by atoms with van der Waals surface area (Å²) in [5.74, 6) is 1.17. The van der Waals surface area contributed by atoms with E-state index in [9.17, 15) is 9.59 Å². The molecule has 5 aromatic rings. The number of rotatable bonds is 9. The first-order valence-corrected chi connectivity index (χ1v) is 14.7. The molecule has 0 aliphatic carbocycles. The molecule has 1 fully saturated rings. The number of carbonyl (C=O) groups excluding carboxylic acids is 1. The van der Waals surface area contributed by atoms with Crippen LogP contribution >= 0.6 is 0 Å². The van der Waals surface area contributed by atoms with Gasteiger partial charge in [0.15, 0.2) is 5.65 Å². The first kappa shape index (κ1) is 30.3. The number of nitrogens with one attached hydrogen (secondary N) is 2. The summed E-state index contributed by atoms with van der Waals surface area (Å²) in [5.41, 5.74) is 3.80. The third-order valence-corrected chi connectivity index (χ3v) is 7.82. The van der Waals surface area contributed by atoms with Gasteiger partial charge in [-0.15, -0.1) is 0 Å². The molecular formula is C34H34N8O4. The van der Waals surface area contributed by atoms with Crippen LogP contribution in [-0.4, -0.2) is 77.8 Å². The van der Waals surface area contributed by atoms with Gasteiger partial charge in [0, 0.05) is 49.2 Å². The number of ether oxygens (including phenoxy) is 2. The summed E-state index contributed by atoms with van der Waals surface area (Å²) in [6.07, 6.45) is 2.75. The Morgan fingerprint density at radius 2 is 1.72 bits per heavy atom. The number of fused-ring (bicyclic) bond motifs is 1. The third-order valence-electron chi connectivity index (χ3n) is 7.82. The van der Waals surface area contributed by atoms with E-state index >= 15 is 0 Å².